The van der Waals surface area contributed by atoms with Crippen LogP contribution in [0, 0.1) is 25.7 Å². The van der Waals surface area contributed by atoms with Gasteiger partial charge in [0.05, 0.1) is 34.7 Å². The van der Waals surface area contributed by atoms with Crippen LogP contribution in [0.3, 0.4) is 0 Å². The highest BCUT2D eigenvalue weighted by molar-refractivity contribution is 7.12. The Morgan fingerprint density at radius 2 is 1.72 bits per heavy atom. The smallest absolute Gasteiger partial charge is 0.254 e. The van der Waals surface area contributed by atoms with E-state index in [1.807, 2.05) is 27.7 Å². The zero-order chi connectivity index (χ0) is 23.3. The third-order valence-corrected chi connectivity index (χ3v) is 6.91. The molecule has 10 heteroatoms. The Hall–Kier alpha value is -3.27. The molecule has 3 aromatic heterocycles. The molecule has 3 amide bonds. The maximum Gasteiger partial charge on any atom is 0.254 e. The number of nitrogens with zero attached hydrogens (tertiary/aromatic N) is 4. The number of amides is 3. The summed E-state index contributed by atoms with van der Waals surface area (Å²) < 4.78 is 1.78. The van der Waals surface area contributed by atoms with Gasteiger partial charge in [-0.1, -0.05) is 0 Å². The molecule has 0 radical (unpaired) electrons. The fraction of sp³-hybridized carbons (Fsp3) is 0.409. The van der Waals surface area contributed by atoms with Crippen molar-refractivity contribution in [3.05, 3.63) is 33.6 Å². The lowest BCUT2D eigenvalue weighted by molar-refractivity contribution is -0.129. The lowest BCUT2D eigenvalue weighted by Gasteiger charge is -2.17. The number of carbonyl (C=O) groups is 3. The van der Waals surface area contributed by atoms with Crippen LogP contribution in [0.2, 0.25) is 0 Å². The maximum atomic E-state index is 13.6. The van der Waals surface area contributed by atoms with Crippen molar-refractivity contribution >= 4 is 40.1 Å². The summed E-state index contributed by atoms with van der Waals surface area (Å²) in [6.45, 7) is 8.15. The van der Waals surface area contributed by atoms with E-state index in [1.165, 1.54) is 4.90 Å². The molecule has 4 rings (SSSR count). The molecule has 2 atom stereocenters. The number of fused-ring (bicyclic) bond motifs is 1. The van der Waals surface area contributed by atoms with Crippen LogP contribution in [-0.4, -0.2) is 50.5 Å². The van der Waals surface area contributed by atoms with E-state index in [9.17, 15) is 14.4 Å². The molecule has 1 aliphatic heterocycles. The van der Waals surface area contributed by atoms with Gasteiger partial charge in [-0.3, -0.25) is 14.4 Å². The number of aromatic nitrogens is 3. The number of pyridine rings is 1. The molecular weight excluding hydrogens is 428 g/mol. The van der Waals surface area contributed by atoms with Gasteiger partial charge in [-0.05, 0) is 39.8 Å². The van der Waals surface area contributed by atoms with Gasteiger partial charge in [0, 0.05) is 34.4 Å². The van der Waals surface area contributed by atoms with Crippen LogP contribution in [-0.2, 0) is 9.59 Å². The number of primary amides is 2. The number of hydrogen-bond donors (Lipinski definition) is 2. The normalized spacial score (nSPS) is 18.6. The van der Waals surface area contributed by atoms with Crippen molar-refractivity contribution in [3.8, 4) is 11.3 Å². The van der Waals surface area contributed by atoms with Crippen molar-refractivity contribution in [2.75, 3.05) is 13.1 Å². The first-order chi connectivity index (χ1) is 15.1. The molecule has 1 saturated heterocycles. The van der Waals surface area contributed by atoms with Gasteiger partial charge in [0.1, 0.15) is 0 Å². The second-order valence-electron chi connectivity index (χ2n) is 8.53. The Bertz CT molecular complexity index is 1220. The van der Waals surface area contributed by atoms with Gasteiger partial charge >= 0.3 is 0 Å². The number of nitrogens with two attached hydrogens (primary N) is 2. The summed E-state index contributed by atoms with van der Waals surface area (Å²) in [5.74, 6) is -3.17. The van der Waals surface area contributed by atoms with Crippen molar-refractivity contribution in [2.45, 2.75) is 33.7 Å². The maximum absolute atomic E-state index is 13.6. The molecule has 3 aromatic rings. The first-order valence-corrected chi connectivity index (χ1v) is 11.2. The summed E-state index contributed by atoms with van der Waals surface area (Å²) in [5.41, 5.74) is 13.6. The molecule has 168 valence electrons. The minimum Gasteiger partial charge on any atom is -0.369 e. The number of thiophene rings is 1. The summed E-state index contributed by atoms with van der Waals surface area (Å²) >= 11 is 1.67. The minimum absolute atomic E-state index is 0.0498. The van der Waals surface area contributed by atoms with Gasteiger partial charge in [0.25, 0.3) is 5.91 Å². The average Bonchev–Trinajstić information content (AvgIpc) is 3.42. The molecule has 0 bridgehead atoms. The second kappa shape index (κ2) is 8.01. The molecular formula is C22H26N6O3S. The van der Waals surface area contributed by atoms with Crippen LogP contribution in [0.5, 0.6) is 0 Å². The highest BCUT2D eigenvalue weighted by Crippen LogP contribution is 2.34. The quantitative estimate of drug-likeness (QED) is 0.607. The fourth-order valence-corrected chi connectivity index (χ4v) is 5.25. The molecule has 4 N–H and O–H groups in total. The van der Waals surface area contributed by atoms with E-state index >= 15 is 0 Å². The third kappa shape index (κ3) is 3.64. The molecule has 0 unspecified atom stereocenters. The summed E-state index contributed by atoms with van der Waals surface area (Å²) in [6.07, 6.45) is 1.64. The Morgan fingerprint density at radius 1 is 1.09 bits per heavy atom. The van der Waals surface area contributed by atoms with E-state index < -0.39 is 23.7 Å². The second-order valence-corrected chi connectivity index (χ2v) is 9.99. The summed E-state index contributed by atoms with van der Waals surface area (Å²) in [6, 6.07) is 3.87. The van der Waals surface area contributed by atoms with Gasteiger partial charge in [0.15, 0.2) is 5.65 Å². The average molecular weight is 455 g/mol. The van der Waals surface area contributed by atoms with Gasteiger partial charge in [-0.2, -0.15) is 5.10 Å². The van der Waals surface area contributed by atoms with Crippen LogP contribution >= 0.6 is 11.3 Å². The number of aryl methyl sites for hydroxylation is 2. The van der Waals surface area contributed by atoms with Gasteiger partial charge in [0.2, 0.25) is 11.8 Å². The van der Waals surface area contributed by atoms with E-state index in [0.717, 1.165) is 15.3 Å². The number of rotatable bonds is 5. The predicted molar refractivity (Wildman–Crippen MR) is 122 cm³/mol. The molecule has 0 spiro atoms. The van der Waals surface area contributed by atoms with Crippen molar-refractivity contribution in [3.63, 3.8) is 0 Å². The number of carbonyl (C=O) groups excluding carboxylic acids is 3. The predicted octanol–water partition coefficient (Wildman–Crippen LogP) is 2.02. The van der Waals surface area contributed by atoms with E-state index in [-0.39, 0.29) is 25.0 Å². The fourth-order valence-electron chi connectivity index (χ4n) is 4.31. The zero-order valence-corrected chi connectivity index (χ0v) is 19.3. The first-order valence-electron chi connectivity index (χ1n) is 10.4. The first kappa shape index (κ1) is 21.9. The summed E-state index contributed by atoms with van der Waals surface area (Å²) in [7, 11) is 0. The number of likely N-dealkylation sites (tertiary alicyclic amines) is 1. The van der Waals surface area contributed by atoms with E-state index in [0.29, 0.717) is 22.3 Å². The standard InChI is InChI=1S/C22H26N6O3S/c1-10(2)28-21-15(7-25-28)14(6-18(26-21)13-5-11(3)32-12(13)4)22(31)27-8-16(19(23)29)17(9-27)20(24)30/h5-7,10,16-17H,8-9H2,1-4H3,(H2,23,29)(H2,24,30)/t16-,17-/m0/s1. The Balaban J connectivity index is 1.84. The molecule has 0 saturated carbocycles. The monoisotopic (exact) mass is 454 g/mol. The lowest BCUT2D eigenvalue weighted by atomic mass is 9.95. The van der Waals surface area contributed by atoms with Gasteiger partial charge in [-0.15, -0.1) is 11.3 Å². The van der Waals surface area contributed by atoms with Gasteiger partial charge in [-0.25, -0.2) is 9.67 Å². The van der Waals surface area contributed by atoms with E-state index in [1.54, 1.807) is 28.3 Å². The Labute approximate surface area is 189 Å². The topological polar surface area (TPSA) is 137 Å². The SMILES string of the molecule is Cc1cc(-c2cc(C(=O)N3C[C@H](C(N)=O)[C@@H](C(N)=O)C3)c3cnn(C(C)C)c3n2)c(C)s1. The van der Waals surface area contributed by atoms with Crippen LogP contribution in [0.25, 0.3) is 22.3 Å². The van der Waals surface area contributed by atoms with Crippen LogP contribution in [0.1, 0.15) is 40.0 Å². The molecule has 9 nitrogen and oxygen atoms in total. The van der Waals surface area contributed by atoms with Crippen molar-refractivity contribution in [1.82, 2.24) is 19.7 Å². The van der Waals surface area contributed by atoms with Crippen LogP contribution in [0.4, 0.5) is 0 Å². The Kier molecular flexibility index (Phi) is 5.49. The van der Waals surface area contributed by atoms with Gasteiger partial charge < -0.3 is 16.4 Å². The molecule has 32 heavy (non-hydrogen) atoms. The van der Waals surface area contributed by atoms with Crippen molar-refractivity contribution in [2.24, 2.45) is 23.3 Å². The Morgan fingerprint density at radius 3 is 2.22 bits per heavy atom. The summed E-state index contributed by atoms with van der Waals surface area (Å²) in [4.78, 5) is 45.9. The molecule has 0 aromatic carbocycles. The van der Waals surface area contributed by atoms with Crippen molar-refractivity contribution in [1.29, 1.82) is 0 Å². The van der Waals surface area contributed by atoms with Crippen LogP contribution < -0.4 is 11.5 Å². The highest BCUT2D eigenvalue weighted by Gasteiger charge is 2.42. The highest BCUT2D eigenvalue weighted by atomic mass is 32.1. The molecule has 1 aliphatic rings. The molecule has 4 heterocycles. The largest absolute Gasteiger partial charge is 0.369 e. The van der Waals surface area contributed by atoms with Crippen molar-refractivity contribution < 1.29 is 14.4 Å². The van der Waals surface area contributed by atoms with E-state index in [4.69, 9.17) is 16.5 Å². The minimum atomic E-state index is -0.798. The van der Waals surface area contributed by atoms with E-state index in [2.05, 4.69) is 11.2 Å². The summed E-state index contributed by atoms with van der Waals surface area (Å²) in [5, 5.41) is 5.07. The molecule has 0 aliphatic carbocycles. The third-order valence-electron chi connectivity index (χ3n) is 5.94. The van der Waals surface area contributed by atoms with Crippen LogP contribution in [0.15, 0.2) is 18.3 Å². The lowest BCUT2D eigenvalue weighted by Crippen LogP contribution is -2.36. The zero-order valence-electron chi connectivity index (χ0n) is 18.5. The number of hydrogen-bond acceptors (Lipinski definition) is 6. The molecule has 1 fully saturated rings.